The van der Waals surface area contributed by atoms with Crippen molar-refractivity contribution in [2.24, 2.45) is 0 Å². The summed E-state index contributed by atoms with van der Waals surface area (Å²) < 4.78 is 0. The lowest BCUT2D eigenvalue weighted by Crippen LogP contribution is -2.25. The summed E-state index contributed by atoms with van der Waals surface area (Å²) in [6, 6.07) is 14.6. The van der Waals surface area contributed by atoms with Gasteiger partial charge in [-0.3, -0.25) is 4.90 Å². The zero-order valence-corrected chi connectivity index (χ0v) is 13.4. The van der Waals surface area contributed by atoms with E-state index in [9.17, 15) is 5.11 Å². The van der Waals surface area contributed by atoms with Crippen LogP contribution in [0.3, 0.4) is 0 Å². The molecular weight excluding hydrogens is 258 g/mol. The summed E-state index contributed by atoms with van der Waals surface area (Å²) in [6.07, 6.45) is -0.445. The van der Waals surface area contributed by atoms with Gasteiger partial charge in [0.2, 0.25) is 0 Å². The van der Waals surface area contributed by atoms with Gasteiger partial charge >= 0.3 is 0 Å². The van der Waals surface area contributed by atoms with Crippen LogP contribution in [-0.2, 0) is 6.54 Å². The molecule has 2 aromatic carbocycles. The van der Waals surface area contributed by atoms with Gasteiger partial charge in [-0.15, -0.1) is 0 Å². The van der Waals surface area contributed by atoms with Crippen molar-refractivity contribution in [2.75, 3.05) is 13.6 Å². The van der Waals surface area contributed by atoms with E-state index in [4.69, 9.17) is 0 Å². The molecule has 1 unspecified atom stereocenters. The van der Waals surface area contributed by atoms with Crippen LogP contribution in [0.2, 0.25) is 0 Å². The molecule has 0 aromatic heterocycles. The average Bonchev–Trinajstić information content (AvgIpc) is 2.38. The standard InChI is InChI=1S/C19H25NO/c1-14-10-15(2)19(16(3)11-14)18(21)13-20(4)12-17-8-6-5-7-9-17/h5-11,18,21H,12-13H2,1-4H3. The zero-order chi connectivity index (χ0) is 15.4. The van der Waals surface area contributed by atoms with Crippen molar-refractivity contribution < 1.29 is 5.11 Å². The van der Waals surface area contributed by atoms with Gasteiger partial charge in [0.25, 0.3) is 0 Å². The third kappa shape index (κ3) is 4.16. The molecule has 0 saturated carbocycles. The molecule has 0 amide bonds. The van der Waals surface area contributed by atoms with Crippen molar-refractivity contribution >= 4 is 0 Å². The average molecular weight is 283 g/mol. The van der Waals surface area contributed by atoms with Crippen molar-refractivity contribution in [2.45, 2.75) is 33.4 Å². The van der Waals surface area contributed by atoms with Crippen LogP contribution >= 0.6 is 0 Å². The summed E-state index contributed by atoms with van der Waals surface area (Å²) in [7, 11) is 2.05. The first-order valence-electron chi connectivity index (χ1n) is 7.45. The summed E-state index contributed by atoms with van der Waals surface area (Å²) in [5, 5.41) is 10.6. The van der Waals surface area contributed by atoms with Crippen LogP contribution in [0.4, 0.5) is 0 Å². The molecule has 0 heterocycles. The highest BCUT2D eigenvalue weighted by atomic mass is 16.3. The lowest BCUT2D eigenvalue weighted by molar-refractivity contribution is 0.123. The highest BCUT2D eigenvalue weighted by Gasteiger charge is 2.16. The smallest absolute Gasteiger partial charge is 0.0922 e. The Morgan fingerprint density at radius 3 is 2.14 bits per heavy atom. The van der Waals surface area contributed by atoms with Crippen molar-refractivity contribution in [3.05, 3.63) is 70.3 Å². The van der Waals surface area contributed by atoms with Gasteiger partial charge in [-0.25, -0.2) is 0 Å². The minimum absolute atomic E-state index is 0.445. The van der Waals surface area contributed by atoms with E-state index >= 15 is 0 Å². The van der Waals surface area contributed by atoms with E-state index in [2.05, 4.69) is 57.0 Å². The molecule has 0 spiro atoms. The summed E-state index contributed by atoms with van der Waals surface area (Å²) in [5.41, 5.74) is 5.94. The molecule has 0 aliphatic rings. The fourth-order valence-corrected chi connectivity index (χ4v) is 3.06. The Bertz CT molecular complexity index is 569. The first kappa shape index (κ1) is 15.7. The number of benzene rings is 2. The molecule has 0 fully saturated rings. The summed E-state index contributed by atoms with van der Waals surface area (Å²) in [5.74, 6) is 0. The number of hydrogen-bond acceptors (Lipinski definition) is 2. The molecule has 1 atom stereocenters. The van der Waals surface area contributed by atoms with Gasteiger partial charge in [0, 0.05) is 13.1 Å². The maximum Gasteiger partial charge on any atom is 0.0922 e. The van der Waals surface area contributed by atoms with Crippen molar-refractivity contribution in [3.63, 3.8) is 0 Å². The number of aliphatic hydroxyl groups excluding tert-OH is 1. The van der Waals surface area contributed by atoms with Crippen LogP contribution < -0.4 is 0 Å². The van der Waals surface area contributed by atoms with E-state index in [1.54, 1.807) is 0 Å². The molecule has 2 nitrogen and oxygen atoms in total. The molecule has 2 heteroatoms. The zero-order valence-electron chi connectivity index (χ0n) is 13.4. The third-order valence-corrected chi connectivity index (χ3v) is 3.85. The number of aliphatic hydroxyl groups is 1. The molecule has 21 heavy (non-hydrogen) atoms. The number of hydrogen-bond donors (Lipinski definition) is 1. The number of nitrogens with zero attached hydrogens (tertiary/aromatic N) is 1. The van der Waals surface area contributed by atoms with Gasteiger partial charge in [0.1, 0.15) is 0 Å². The molecule has 2 rings (SSSR count). The summed E-state index contributed by atoms with van der Waals surface area (Å²) in [6.45, 7) is 7.74. The lowest BCUT2D eigenvalue weighted by atomic mass is 9.95. The monoisotopic (exact) mass is 283 g/mol. The third-order valence-electron chi connectivity index (χ3n) is 3.85. The second kappa shape index (κ2) is 6.88. The summed E-state index contributed by atoms with van der Waals surface area (Å²) >= 11 is 0. The molecular formula is C19H25NO. The Morgan fingerprint density at radius 1 is 1.00 bits per heavy atom. The highest BCUT2D eigenvalue weighted by molar-refractivity contribution is 5.39. The van der Waals surface area contributed by atoms with Gasteiger partial charge in [0.05, 0.1) is 6.10 Å². The first-order valence-corrected chi connectivity index (χ1v) is 7.45. The fourth-order valence-electron chi connectivity index (χ4n) is 3.06. The van der Waals surface area contributed by atoms with Crippen LogP contribution in [0.1, 0.15) is 33.9 Å². The minimum atomic E-state index is -0.445. The van der Waals surface area contributed by atoms with E-state index < -0.39 is 6.10 Å². The number of aryl methyl sites for hydroxylation is 3. The van der Waals surface area contributed by atoms with E-state index in [1.807, 2.05) is 18.2 Å². The Balaban J connectivity index is 2.06. The Morgan fingerprint density at radius 2 is 1.57 bits per heavy atom. The second-order valence-corrected chi connectivity index (χ2v) is 6.01. The largest absolute Gasteiger partial charge is 0.387 e. The molecule has 0 bridgehead atoms. The SMILES string of the molecule is Cc1cc(C)c(C(O)CN(C)Cc2ccccc2)c(C)c1. The van der Waals surface area contributed by atoms with E-state index in [1.165, 1.54) is 22.3 Å². The first-order chi connectivity index (χ1) is 9.97. The predicted molar refractivity (Wildman–Crippen MR) is 88.4 cm³/mol. The molecule has 0 radical (unpaired) electrons. The molecule has 0 aliphatic carbocycles. The maximum absolute atomic E-state index is 10.6. The Kier molecular flexibility index (Phi) is 5.16. The molecule has 0 saturated heterocycles. The quantitative estimate of drug-likeness (QED) is 0.902. The van der Waals surface area contributed by atoms with Gasteiger partial charge in [0.15, 0.2) is 0 Å². The number of likely N-dealkylation sites (N-methyl/N-ethyl adjacent to an activating group) is 1. The van der Waals surface area contributed by atoms with Gasteiger partial charge in [-0.1, -0.05) is 48.0 Å². The topological polar surface area (TPSA) is 23.5 Å². The van der Waals surface area contributed by atoms with E-state index in [0.717, 1.165) is 12.1 Å². The van der Waals surface area contributed by atoms with Crippen LogP contribution in [0.5, 0.6) is 0 Å². The molecule has 0 aliphatic heterocycles. The predicted octanol–water partition coefficient (Wildman–Crippen LogP) is 3.78. The Hall–Kier alpha value is -1.64. The molecule has 112 valence electrons. The minimum Gasteiger partial charge on any atom is -0.387 e. The van der Waals surface area contributed by atoms with Crippen molar-refractivity contribution in [1.29, 1.82) is 0 Å². The van der Waals surface area contributed by atoms with Crippen LogP contribution in [0.15, 0.2) is 42.5 Å². The van der Waals surface area contributed by atoms with Gasteiger partial charge < -0.3 is 5.11 Å². The van der Waals surface area contributed by atoms with Crippen LogP contribution in [0.25, 0.3) is 0 Å². The second-order valence-electron chi connectivity index (χ2n) is 6.01. The number of rotatable bonds is 5. The normalized spacial score (nSPS) is 12.7. The van der Waals surface area contributed by atoms with E-state index in [0.29, 0.717) is 6.54 Å². The Labute approximate surface area is 128 Å². The molecule has 2 aromatic rings. The van der Waals surface area contributed by atoms with E-state index in [-0.39, 0.29) is 0 Å². The van der Waals surface area contributed by atoms with Gasteiger partial charge in [-0.2, -0.15) is 0 Å². The fraction of sp³-hybridized carbons (Fsp3) is 0.368. The maximum atomic E-state index is 10.6. The van der Waals surface area contributed by atoms with Gasteiger partial charge in [-0.05, 0) is 50.1 Å². The summed E-state index contributed by atoms with van der Waals surface area (Å²) in [4.78, 5) is 2.17. The lowest BCUT2D eigenvalue weighted by Gasteiger charge is -2.23. The van der Waals surface area contributed by atoms with Crippen molar-refractivity contribution in [1.82, 2.24) is 4.90 Å². The highest BCUT2D eigenvalue weighted by Crippen LogP contribution is 2.24. The van der Waals surface area contributed by atoms with Crippen LogP contribution in [0, 0.1) is 20.8 Å². The van der Waals surface area contributed by atoms with Crippen molar-refractivity contribution in [3.8, 4) is 0 Å². The van der Waals surface area contributed by atoms with Crippen LogP contribution in [-0.4, -0.2) is 23.6 Å². The molecule has 1 N–H and O–H groups in total.